The lowest BCUT2D eigenvalue weighted by molar-refractivity contribution is 1.56. The van der Waals surface area contributed by atoms with Crippen LogP contribution < -0.4 is 0 Å². The van der Waals surface area contributed by atoms with Crippen molar-refractivity contribution in [1.82, 2.24) is 0 Å². The summed E-state index contributed by atoms with van der Waals surface area (Å²) < 4.78 is -0.521. The molecule has 0 aromatic rings. The Morgan fingerprint density at radius 3 is 1.88 bits per heavy atom. The summed E-state index contributed by atoms with van der Waals surface area (Å²) in [5.41, 5.74) is 0. The van der Waals surface area contributed by atoms with E-state index in [4.69, 9.17) is 28.5 Å². The lowest BCUT2D eigenvalue weighted by Crippen LogP contribution is -1.99. The maximum Gasteiger partial charge on any atom is 0.148 e. The lowest BCUT2D eigenvalue weighted by atomic mass is 11.7. The molecule has 0 aliphatic rings. The number of halogens is 2. The SMILES string of the molecule is CS(C)(C#N)C(Cl)Cl. The molecule has 48 valence electrons. The van der Waals surface area contributed by atoms with Crippen molar-refractivity contribution in [3.05, 3.63) is 0 Å². The van der Waals surface area contributed by atoms with Gasteiger partial charge in [0.05, 0.1) is 0 Å². The van der Waals surface area contributed by atoms with Crippen molar-refractivity contribution >= 4 is 33.2 Å². The van der Waals surface area contributed by atoms with E-state index in [1.807, 2.05) is 0 Å². The monoisotopic (exact) mass is 171 g/mol. The van der Waals surface area contributed by atoms with Crippen molar-refractivity contribution < 1.29 is 0 Å². The van der Waals surface area contributed by atoms with Gasteiger partial charge >= 0.3 is 0 Å². The van der Waals surface area contributed by atoms with Gasteiger partial charge in [0.25, 0.3) is 0 Å². The van der Waals surface area contributed by atoms with Gasteiger partial charge in [-0.15, -0.1) is 10.0 Å². The molecule has 0 rings (SSSR count). The molecule has 8 heavy (non-hydrogen) atoms. The van der Waals surface area contributed by atoms with Crippen LogP contribution in [0.15, 0.2) is 0 Å². The Bertz CT molecular complexity index is 116. The summed E-state index contributed by atoms with van der Waals surface area (Å²) in [6.45, 7) is 0. The summed E-state index contributed by atoms with van der Waals surface area (Å²) in [5.74, 6) is 0. The molecular weight excluding hydrogens is 165 g/mol. The molecule has 0 saturated carbocycles. The van der Waals surface area contributed by atoms with E-state index in [0.29, 0.717) is 0 Å². The Morgan fingerprint density at radius 1 is 1.50 bits per heavy atom. The largest absolute Gasteiger partial charge is 0.187 e. The minimum atomic E-state index is -1.40. The zero-order chi connectivity index (χ0) is 6.78. The Hall–Kier alpha value is 0.420. The van der Waals surface area contributed by atoms with Crippen LogP contribution in [-0.4, -0.2) is 16.7 Å². The molecular formula is C4H7Cl2NS. The van der Waals surface area contributed by atoms with Crippen molar-refractivity contribution in [2.75, 3.05) is 12.5 Å². The van der Waals surface area contributed by atoms with Gasteiger partial charge in [-0.05, 0) is 12.5 Å². The molecule has 1 nitrogen and oxygen atoms in total. The van der Waals surface area contributed by atoms with Gasteiger partial charge in [0.15, 0.2) is 0 Å². The predicted molar refractivity (Wildman–Crippen MR) is 40.5 cm³/mol. The molecule has 0 atom stereocenters. The number of hydrogen-bond donors (Lipinski definition) is 0. The first-order valence-electron chi connectivity index (χ1n) is 1.92. The van der Waals surface area contributed by atoms with Crippen LogP contribution in [0.25, 0.3) is 0 Å². The summed E-state index contributed by atoms with van der Waals surface area (Å²) in [5, 5.41) is 10.4. The first-order valence-corrected chi connectivity index (χ1v) is 5.30. The van der Waals surface area contributed by atoms with Crippen molar-refractivity contribution in [2.45, 2.75) is 4.17 Å². The molecule has 0 unspecified atom stereocenters. The second-order valence-corrected chi connectivity index (χ2v) is 6.84. The molecule has 0 spiro atoms. The zero-order valence-corrected chi connectivity index (χ0v) is 7.02. The fourth-order valence-corrected chi connectivity index (χ4v) is 0.359. The molecule has 0 N–H and O–H groups in total. The van der Waals surface area contributed by atoms with Crippen LogP contribution in [0, 0.1) is 10.7 Å². The van der Waals surface area contributed by atoms with Gasteiger partial charge in [-0.3, -0.25) is 0 Å². The average Bonchev–Trinajstić information content (AvgIpc) is 1.67. The molecule has 0 aliphatic heterocycles. The van der Waals surface area contributed by atoms with Crippen molar-refractivity contribution in [2.24, 2.45) is 0 Å². The van der Waals surface area contributed by atoms with Gasteiger partial charge in [-0.25, -0.2) is 0 Å². The summed E-state index contributed by atoms with van der Waals surface area (Å²) in [6.07, 6.45) is 3.55. The summed E-state index contributed by atoms with van der Waals surface area (Å²) in [7, 11) is -1.40. The molecule has 0 heterocycles. The quantitative estimate of drug-likeness (QED) is 0.439. The predicted octanol–water partition coefficient (Wildman–Crippen LogP) is 2.29. The van der Waals surface area contributed by atoms with E-state index in [2.05, 4.69) is 5.40 Å². The standard InChI is InChI=1S/C4H7Cl2NS/c1-8(2,3-7)4(5)6/h4H,1-2H3. The maximum atomic E-state index is 8.38. The minimum Gasteiger partial charge on any atom is -0.187 e. The van der Waals surface area contributed by atoms with Crippen LogP contribution in [-0.2, 0) is 0 Å². The fraction of sp³-hybridized carbons (Fsp3) is 0.750. The molecule has 0 bridgehead atoms. The van der Waals surface area contributed by atoms with Crippen LogP contribution in [0.1, 0.15) is 0 Å². The van der Waals surface area contributed by atoms with Crippen LogP contribution in [0.4, 0.5) is 0 Å². The van der Waals surface area contributed by atoms with E-state index >= 15 is 0 Å². The molecule has 0 amide bonds. The second-order valence-electron chi connectivity index (χ2n) is 1.76. The van der Waals surface area contributed by atoms with Crippen molar-refractivity contribution in [3.8, 4) is 5.40 Å². The van der Waals surface area contributed by atoms with Gasteiger partial charge in [0.2, 0.25) is 0 Å². The highest BCUT2D eigenvalue weighted by Crippen LogP contribution is 2.47. The number of hydrogen-bond acceptors (Lipinski definition) is 1. The highest BCUT2D eigenvalue weighted by Gasteiger charge is 2.18. The van der Waals surface area contributed by atoms with E-state index in [0.717, 1.165) is 0 Å². The van der Waals surface area contributed by atoms with E-state index in [1.54, 1.807) is 12.5 Å². The fourth-order valence-electron chi connectivity index (χ4n) is 0.0398. The first kappa shape index (κ1) is 8.42. The Kier molecular flexibility index (Phi) is 2.96. The third kappa shape index (κ3) is 2.13. The third-order valence-electron chi connectivity index (χ3n) is 0.681. The number of thiocyanates is 1. The van der Waals surface area contributed by atoms with Crippen molar-refractivity contribution in [1.29, 1.82) is 5.26 Å². The Balaban J connectivity index is 3.97. The molecule has 0 fully saturated rings. The molecule has 0 saturated heterocycles. The topological polar surface area (TPSA) is 23.8 Å². The number of nitrogens with zero attached hydrogens (tertiary/aromatic N) is 1. The highest BCUT2D eigenvalue weighted by molar-refractivity contribution is 8.38. The van der Waals surface area contributed by atoms with E-state index in [1.165, 1.54) is 0 Å². The molecule has 4 heteroatoms. The zero-order valence-electron chi connectivity index (χ0n) is 4.69. The second kappa shape index (κ2) is 2.82. The van der Waals surface area contributed by atoms with Crippen LogP contribution in [0.5, 0.6) is 0 Å². The highest BCUT2D eigenvalue weighted by atomic mass is 35.5. The summed E-state index contributed by atoms with van der Waals surface area (Å²) >= 11 is 10.9. The van der Waals surface area contributed by atoms with Crippen LogP contribution >= 0.6 is 33.2 Å². The number of rotatable bonds is 1. The van der Waals surface area contributed by atoms with Crippen LogP contribution in [0.3, 0.4) is 0 Å². The molecule has 0 aromatic carbocycles. The van der Waals surface area contributed by atoms with Gasteiger partial charge in [-0.2, -0.15) is 5.26 Å². The van der Waals surface area contributed by atoms with Gasteiger partial charge in [-0.1, -0.05) is 23.2 Å². The molecule has 0 aromatic heterocycles. The van der Waals surface area contributed by atoms with E-state index in [9.17, 15) is 0 Å². The maximum absolute atomic E-state index is 8.38. The van der Waals surface area contributed by atoms with E-state index < -0.39 is 14.2 Å². The number of nitriles is 1. The Labute approximate surface area is 60.9 Å². The van der Waals surface area contributed by atoms with Gasteiger partial charge in [0.1, 0.15) is 9.57 Å². The Morgan fingerprint density at radius 2 is 1.88 bits per heavy atom. The van der Waals surface area contributed by atoms with E-state index in [-0.39, 0.29) is 0 Å². The van der Waals surface area contributed by atoms with Crippen molar-refractivity contribution in [3.63, 3.8) is 0 Å². The lowest BCUT2D eigenvalue weighted by Gasteiger charge is -2.21. The summed E-state index contributed by atoms with van der Waals surface area (Å²) in [4.78, 5) is 0. The van der Waals surface area contributed by atoms with Crippen LogP contribution in [0.2, 0.25) is 0 Å². The first-order chi connectivity index (χ1) is 3.50. The smallest absolute Gasteiger partial charge is 0.148 e. The molecule has 0 aliphatic carbocycles. The number of alkyl halides is 2. The average molecular weight is 172 g/mol. The third-order valence-corrected chi connectivity index (χ3v) is 4.71. The summed E-state index contributed by atoms with van der Waals surface area (Å²) in [6, 6.07) is 0. The van der Waals surface area contributed by atoms with Gasteiger partial charge < -0.3 is 0 Å². The normalized spacial score (nSPS) is 13.5. The minimum absolute atomic E-state index is 0.521. The van der Waals surface area contributed by atoms with Gasteiger partial charge in [0, 0.05) is 0 Å². The molecule has 0 radical (unpaired) electrons.